The monoisotopic (exact) mass is 370 g/mol. The molecule has 0 heterocycles. The Morgan fingerprint density at radius 2 is 1.40 bits per heavy atom. The van der Waals surface area contributed by atoms with Crippen molar-refractivity contribution in [3.63, 3.8) is 0 Å². The molecule has 0 bridgehead atoms. The molecule has 0 spiro atoms. The molecular formula is C17H27ClN4O3. The van der Waals surface area contributed by atoms with E-state index in [-0.39, 0.29) is 48.5 Å². The van der Waals surface area contributed by atoms with Crippen molar-refractivity contribution in [3.8, 4) is 0 Å². The van der Waals surface area contributed by atoms with Gasteiger partial charge in [-0.3, -0.25) is 14.4 Å². The molecule has 8 heteroatoms. The van der Waals surface area contributed by atoms with Crippen molar-refractivity contribution in [2.45, 2.75) is 33.7 Å². The maximum Gasteiger partial charge on any atom is 0.243 e. The zero-order valence-corrected chi connectivity index (χ0v) is 15.8. The van der Waals surface area contributed by atoms with E-state index in [0.717, 1.165) is 0 Å². The van der Waals surface area contributed by atoms with E-state index in [2.05, 4.69) is 16.0 Å². The smallest absolute Gasteiger partial charge is 0.243 e. The Bertz CT molecular complexity index is 588. The number of carbonyl (C=O) groups is 3. The van der Waals surface area contributed by atoms with Crippen LogP contribution >= 0.6 is 12.4 Å². The van der Waals surface area contributed by atoms with Gasteiger partial charge >= 0.3 is 0 Å². The van der Waals surface area contributed by atoms with Crippen LogP contribution < -0.4 is 21.7 Å². The number of benzene rings is 1. The van der Waals surface area contributed by atoms with Gasteiger partial charge in [0.25, 0.3) is 0 Å². The lowest BCUT2D eigenvalue weighted by atomic mass is 10.1. The third kappa shape index (κ3) is 8.00. The summed E-state index contributed by atoms with van der Waals surface area (Å²) in [4.78, 5) is 35.1. The van der Waals surface area contributed by atoms with Crippen LogP contribution in [0, 0.1) is 11.8 Å². The fourth-order valence-electron chi connectivity index (χ4n) is 1.72. The lowest BCUT2D eigenvalue weighted by Gasteiger charge is -2.15. The standard InChI is InChI=1S/C17H26N4O3.ClH/c1-10(2)15(18)17(24)19-9-14(22)20-12-5-7-13(8-6-12)21-16(23)11(3)4;/h5-8,10-11,15H,9,18H2,1-4H3,(H,19,24)(H,20,22)(H,21,23);1H/t15-;/m0./s1. The molecule has 0 unspecified atom stereocenters. The largest absolute Gasteiger partial charge is 0.346 e. The number of halogens is 1. The minimum Gasteiger partial charge on any atom is -0.346 e. The summed E-state index contributed by atoms with van der Waals surface area (Å²) in [6, 6.07) is 6.11. The van der Waals surface area contributed by atoms with Crippen molar-refractivity contribution >= 4 is 41.5 Å². The van der Waals surface area contributed by atoms with Crippen molar-refractivity contribution in [3.05, 3.63) is 24.3 Å². The van der Waals surface area contributed by atoms with Crippen molar-refractivity contribution < 1.29 is 14.4 Å². The molecule has 0 aliphatic rings. The second-order valence-electron chi connectivity index (χ2n) is 6.26. The van der Waals surface area contributed by atoms with Gasteiger partial charge in [-0.2, -0.15) is 0 Å². The number of nitrogens with two attached hydrogens (primary N) is 1. The van der Waals surface area contributed by atoms with Gasteiger partial charge in [0.15, 0.2) is 0 Å². The van der Waals surface area contributed by atoms with Crippen molar-refractivity contribution in [2.24, 2.45) is 17.6 Å². The molecule has 0 aliphatic heterocycles. The van der Waals surface area contributed by atoms with E-state index >= 15 is 0 Å². The zero-order chi connectivity index (χ0) is 18.3. The fourth-order valence-corrected chi connectivity index (χ4v) is 1.72. The van der Waals surface area contributed by atoms with Crippen LogP contribution in [0.1, 0.15) is 27.7 Å². The summed E-state index contributed by atoms with van der Waals surface area (Å²) in [7, 11) is 0. The molecule has 1 aromatic carbocycles. The van der Waals surface area contributed by atoms with Crippen molar-refractivity contribution in [1.29, 1.82) is 0 Å². The van der Waals surface area contributed by atoms with Crippen LogP contribution in [0.4, 0.5) is 11.4 Å². The Balaban J connectivity index is 0.00000576. The highest BCUT2D eigenvalue weighted by Gasteiger charge is 2.17. The predicted molar refractivity (Wildman–Crippen MR) is 102 cm³/mol. The molecule has 3 amide bonds. The molecule has 0 radical (unpaired) electrons. The summed E-state index contributed by atoms with van der Waals surface area (Å²) in [5, 5.41) is 7.92. The molecule has 1 aromatic rings. The lowest BCUT2D eigenvalue weighted by molar-refractivity contribution is -0.125. The van der Waals surface area contributed by atoms with Crippen LogP contribution in [0.5, 0.6) is 0 Å². The summed E-state index contributed by atoms with van der Waals surface area (Å²) in [6.07, 6.45) is 0. The maximum absolute atomic E-state index is 11.8. The molecule has 0 aromatic heterocycles. The van der Waals surface area contributed by atoms with Gasteiger partial charge in [-0.05, 0) is 30.2 Å². The first kappa shape index (κ1) is 22.9. The lowest BCUT2D eigenvalue weighted by Crippen LogP contribution is -2.46. The average Bonchev–Trinajstić information content (AvgIpc) is 2.53. The summed E-state index contributed by atoms with van der Waals surface area (Å²) in [5.74, 6) is -0.881. The van der Waals surface area contributed by atoms with Gasteiger partial charge in [-0.25, -0.2) is 0 Å². The van der Waals surface area contributed by atoms with Gasteiger partial charge in [-0.1, -0.05) is 27.7 Å². The second kappa shape index (κ2) is 10.7. The number of amides is 3. The molecule has 140 valence electrons. The highest BCUT2D eigenvalue weighted by Crippen LogP contribution is 2.14. The van der Waals surface area contributed by atoms with Gasteiger partial charge in [0.05, 0.1) is 12.6 Å². The normalized spacial score (nSPS) is 11.5. The van der Waals surface area contributed by atoms with Crippen LogP contribution in [0.15, 0.2) is 24.3 Å². The van der Waals surface area contributed by atoms with E-state index in [1.165, 1.54) is 0 Å². The summed E-state index contributed by atoms with van der Waals surface area (Å²) >= 11 is 0. The number of carbonyl (C=O) groups excluding carboxylic acids is 3. The van der Waals surface area contributed by atoms with Gasteiger partial charge in [-0.15, -0.1) is 12.4 Å². The Morgan fingerprint density at radius 3 is 1.84 bits per heavy atom. The van der Waals surface area contributed by atoms with Crippen molar-refractivity contribution in [2.75, 3.05) is 17.2 Å². The van der Waals surface area contributed by atoms with Gasteiger partial charge in [0.1, 0.15) is 0 Å². The van der Waals surface area contributed by atoms with E-state index in [9.17, 15) is 14.4 Å². The third-order valence-corrected chi connectivity index (χ3v) is 3.40. The first-order valence-corrected chi connectivity index (χ1v) is 7.94. The molecule has 1 rings (SSSR count). The van der Waals surface area contributed by atoms with E-state index in [0.29, 0.717) is 11.4 Å². The molecule has 7 nitrogen and oxygen atoms in total. The minimum atomic E-state index is -0.637. The van der Waals surface area contributed by atoms with Crippen LogP contribution in [0.3, 0.4) is 0 Å². The Hall–Kier alpha value is -2.12. The molecular weight excluding hydrogens is 344 g/mol. The maximum atomic E-state index is 11.8. The van der Waals surface area contributed by atoms with Crippen LogP contribution in [-0.4, -0.2) is 30.3 Å². The van der Waals surface area contributed by atoms with Crippen LogP contribution in [0.25, 0.3) is 0 Å². The van der Waals surface area contributed by atoms with Crippen LogP contribution in [-0.2, 0) is 14.4 Å². The molecule has 25 heavy (non-hydrogen) atoms. The highest BCUT2D eigenvalue weighted by atomic mass is 35.5. The first-order chi connectivity index (χ1) is 11.2. The molecule has 0 fully saturated rings. The van der Waals surface area contributed by atoms with E-state index in [1.54, 1.807) is 24.3 Å². The number of hydrogen-bond donors (Lipinski definition) is 4. The molecule has 0 aliphatic carbocycles. The Labute approximate surface area is 154 Å². The number of anilines is 2. The molecule has 0 saturated heterocycles. The Morgan fingerprint density at radius 1 is 0.920 bits per heavy atom. The molecule has 5 N–H and O–H groups in total. The first-order valence-electron chi connectivity index (χ1n) is 7.94. The van der Waals surface area contributed by atoms with E-state index in [1.807, 2.05) is 27.7 Å². The SMILES string of the molecule is CC(C)C(=O)Nc1ccc(NC(=O)CNC(=O)[C@@H](N)C(C)C)cc1.Cl. The Kier molecular flexibility index (Phi) is 9.78. The van der Waals surface area contributed by atoms with E-state index < -0.39 is 6.04 Å². The van der Waals surface area contributed by atoms with E-state index in [4.69, 9.17) is 5.73 Å². The fraction of sp³-hybridized carbons (Fsp3) is 0.471. The molecule has 1 atom stereocenters. The van der Waals surface area contributed by atoms with Crippen LogP contribution in [0.2, 0.25) is 0 Å². The third-order valence-electron chi connectivity index (χ3n) is 3.40. The zero-order valence-electron chi connectivity index (χ0n) is 15.0. The second-order valence-corrected chi connectivity index (χ2v) is 6.26. The van der Waals surface area contributed by atoms with Gasteiger partial charge in [0, 0.05) is 17.3 Å². The molecule has 0 saturated carbocycles. The minimum absolute atomic E-state index is 0. The number of hydrogen-bond acceptors (Lipinski definition) is 4. The summed E-state index contributed by atoms with van der Waals surface area (Å²) in [6.45, 7) is 7.14. The predicted octanol–water partition coefficient (Wildman–Crippen LogP) is 1.74. The van der Waals surface area contributed by atoms with Gasteiger partial charge < -0.3 is 21.7 Å². The topological polar surface area (TPSA) is 113 Å². The number of rotatable bonds is 7. The summed E-state index contributed by atoms with van der Waals surface area (Å²) < 4.78 is 0. The number of nitrogens with one attached hydrogen (secondary N) is 3. The van der Waals surface area contributed by atoms with Crippen molar-refractivity contribution in [1.82, 2.24) is 5.32 Å². The van der Waals surface area contributed by atoms with Gasteiger partial charge in [0.2, 0.25) is 17.7 Å². The quantitative estimate of drug-likeness (QED) is 0.585. The highest BCUT2D eigenvalue weighted by molar-refractivity contribution is 5.96. The summed E-state index contributed by atoms with van der Waals surface area (Å²) in [5.41, 5.74) is 6.93. The average molecular weight is 371 g/mol.